The van der Waals surface area contributed by atoms with Crippen molar-refractivity contribution < 1.29 is 14.1 Å². The van der Waals surface area contributed by atoms with Crippen LogP contribution in [0.2, 0.25) is 0 Å². The number of hydrogen-bond donors (Lipinski definition) is 1. The second-order valence-electron chi connectivity index (χ2n) is 6.39. The number of carbonyl (C=O) groups is 1. The third-order valence-corrected chi connectivity index (χ3v) is 4.54. The van der Waals surface area contributed by atoms with Crippen LogP contribution in [0.4, 0.5) is 5.69 Å². The van der Waals surface area contributed by atoms with Gasteiger partial charge in [0.05, 0.1) is 6.20 Å². The molecule has 1 atom stereocenters. The summed E-state index contributed by atoms with van der Waals surface area (Å²) in [5.41, 5.74) is 3.48. The number of anilines is 1. The first-order valence-corrected chi connectivity index (χ1v) is 8.77. The van der Waals surface area contributed by atoms with Crippen LogP contribution in [-0.4, -0.2) is 32.5 Å². The van der Waals surface area contributed by atoms with E-state index in [0.29, 0.717) is 28.7 Å². The molecule has 3 aromatic heterocycles. The highest BCUT2D eigenvalue weighted by Gasteiger charge is 2.17. The number of pyridine rings is 1. The lowest BCUT2D eigenvalue weighted by molar-refractivity contribution is 0.0886. The minimum Gasteiger partial charge on any atom is -0.372 e. The lowest BCUT2D eigenvalue weighted by atomic mass is 10.1. The van der Waals surface area contributed by atoms with Crippen molar-refractivity contribution in [2.24, 2.45) is 0 Å². The number of methoxy groups -OCH3 is 1. The molecule has 0 radical (unpaired) electrons. The molecule has 0 aliphatic rings. The summed E-state index contributed by atoms with van der Waals surface area (Å²) in [6.45, 7) is 3.75. The number of imidazole rings is 1. The second-order valence-corrected chi connectivity index (χ2v) is 6.39. The van der Waals surface area contributed by atoms with Gasteiger partial charge in [-0.05, 0) is 37.6 Å². The third kappa shape index (κ3) is 3.25. The van der Waals surface area contributed by atoms with Gasteiger partial charge in [0.2, 0.25) is 5.82 Å². The minimum absolute atomic E-state index is 0.249. The Kier molecular flexibility index (Phi) is 4.62. The fraction of sp³-hybridized carbons (Fsp3) is 0.200. The molecule has 8 heteroatoms. The summed E-state index contributed by atoms with van der Waals surface area (Å²) in [7, 11) is 1.58. The van der Waals surface area contributed by atoms with E-state index in [-0.39, 0.29) is 12.0 Å². The molecule has 0 aliphatic carbocycles. The zero-order valence-electron chi connectivity index (χ0n) is 15.7. The van der Waals surface area contributed by atoms with Gasteiger partial charge in [0, 0.05) is 24.6 Å². The van der Waals surface area contributed by atoms with Crippen molar-refractivity contribution >= 4 is 17.2 Å². The Morgan fingerprint density at radius 1 is 1.29 bits per heavy atom. The van der Waals surface area contributed by atoms with E-state index in [9.17, 15) is 4.79 Å². The summed E-state index contributed by atoms with van der Waals surface area (Å²) in [6, 6.07) is 11.2. The van der Waals surface area contributed by atoms with Gasteiger partial charge in [-0.25, -0.2) is 4.98 Å². The standard InChI is InChI=1S/C20H19N5O3/c1-12-7-8-14(18-23-20(28-24-18)13(2)27-3)10-15(12)22-19(26)16-11-21-17-6-4-5-9-25(16)17/h4-11,13H,1-3H3,(H,22,26). The zero-order valence-corrected chi connectivity index (χ0v) is 15.7. The largest absolute Gasteiger partial charge is 0.372 e. The summed E-state index contributed by atoms with van der Waals surface area (Å²) in [5, 5.41) is 6.95. The highest BCUT2D eigenvalue weighted by atomic mass is 16.5. The smallest absolute Gasteiger partial charge is 0.274 e. The number of fused-ring (bicyclic) bond motifs is 1. The van der Waals surface area contributed by atoms with Crippen LogP contribution in [-0.2, 0) is 4.74 Å². The molecule has 28 heavy (non-hydrogen) atoms. The summed E-state index contributed by atoms with van der Waals surface area (Å²) in [6.07, 6.45) is 3.07. The van der Waals surface area contributed by atoms with Crippen molar-refractivity contribution in [3.8, 4) is 11.4 Å². The predicted octanol–water partition coefficient (Wildman–Crippen LogP) is 3.65. The van der Waals surface area contributed by atoms with E-state index in [4.69, 9.17) is 9.26 Å². The van der Waals surface area contributed by atoms with E-state index >= 15 is 0 Å². The number of rotatable bonds is 5. The number of benzene rings is 1. The quantitative estimate of drug-likeness (QED) is 0.570. The number of nitrogens with zero attached hydrogens (tertiary/aromatic N) is 4. The van der Waals surface area contributed by atoms with Gasteiger partial charge in [-0.2, -0.15) is 4.98 Å². The highest BCUT2D eigenvalue weighted by Crippen LogP contribution is 2.25. The Morgan fingerprint density at radius 2 is 2.14 bits per heavy atom. The van der Waals surface area contributed by atoms with Crippen LogP contribution in [0.3, 0.4) is 0 Å². The van der Waals surface area contributed by atoms with Gasteiger partial charge in [0.25, 0.3) is 11.8 Å². The van der Waals surface area contributed by atoms with Crippen molar-refractivity contribution in [1.29, 1.82) is 0 Å². The Balaban J connectivity index is 1.62. The molecule has 0 saturated carbocycles. The van der Waals surface area contributed by atoms with Gasteiger partial charge >= 0.3 is 0 Å². The molecule has 1 N–H and O–H groups in total. The Bertz CT molecular complexity index is 1150. The first kappa shape index (κ1) is 17.9. The predicted molar refractivity (Wildman–Crippen MR) is 103 cm³/mol. The molecule has 0 saturated heterocycles. The number of amides is 1. The molecular formula is C20H19N5O3. The maximum absolute atomic E-state index is 12.8. The number of ether oxygens (including phenoxy) is 1. The van der Waals surface area contributed by atoms with Crippen LogP contribution in [0, 0.1) is 6.92 Å². The maximum Gasteiger partial charge on any atom is 0.274 e. The van der Waals surface area contributed by atoms with E-state index in [1.807, 2.05) is 50.2 Å². The van der Waals surface area contributed by atoms with E-state index in [1.54, 1.807) is 23.9 Å². The molecule has 0 aliphatic heterocycles. The van der Waals surface area contributed by atoms with Crippen LogP contribution in [0.25, 0.3) is 17.0 Å². The maximum atomic E-state index is 12.8. The molecule has 3 heterocycles. The molecular weight excluding hydrogens is 358 g/mol. The first-order chi connectivity index (χ1) is 13.6. The SMILES string of the molecule is COC(C)c1nc(-c2ccc(C)c(NC(=O)c3cnc4ccccn34)c2)no1. The van der Waals surface area contributed by atoms with Crippen LogP contribution in [0.1, 0.15) is 35.0 Å². The highest BCUT2D eigenvalue weighted by molar-refractivity contribution is 6.04. The van der Waals surface area contributed by atoms with E-state index < -0.39 is 0 Å². The molecule has 8 nitrogen and oxygen atoms in total. The summed E-state index contributed by atoms with van der Waals surface area (Å²) in [5.74, 6) is 0.583. The molecule has 0 fully saturated rings. The van der Waals surface area contributed by atoms with E-state index in [1.165, 1.54) is 0 Å². The van der Waals surface area contributed by atoms with Crippen LogP contribution >= 0.6 is 0 Å². The lowest BCUT2D eigenvalue weighted by Gasteiger charge is -2.09. The molecule has 142 valence electrons. The van der Waals surface area contributed by atoms with Crippen molar-refractivity contribution in [2.45, 2.75) is 20.0 Å². The number of nitrogens with one attached hydrogen (secondary N) is 1. The fourth-order valence-electron chi connectivity index (χ4n) is 2.80. The number of aryl methyl sites for hydroxylation is 1. The second kappa shape index (κ2) is 7.24. The summed E-state index contributed by atoms with van der Waals surface area (Å²) >= 11 is 0. The number of hydrogen-bond acceptors (Lipinski definition) is 6. The zero-order chi connectivity index (χ0) is 19.7. The van der Waals surface area contributed by atoms with Gasteiger partial charge < -0.3 is 14.6 Å². The average Bonchev–Trinajstić information content (AvgIpc) is 3.36. The van der Waals surface area contributed by atoms with Gasteiger partial charge in [-0.3, -0.25) is 9.20 Å². The van der Waals surface area contributed by atoms with Gasteiger partial charge in [0.1, 0.15) is 17.4 Å². The fourth-order valence-corrected chi connectivity index (χ4v) is 2.80. The normalized spacial score (nSPS) is 12.2. The van der Waals surface area contributed by atoms with Crippen molar-refractivity contribution in [1.82, 2.24) is 19.5 Å². The molecule has 1 aromatic carbocycles. The molecule has 1 amide bonds. The van der Waals surface area contributed by atoms with Crippen molar-refractivity contribution in [3.63, 3.8) is 0 Å². The van der Waals surface area contributed by atoms with Crippen molar-refractivity contribution in [2.75, 3.05) is 12.4 Å². The van der Waals surface area contributed by atoms with Crippen LogP contribution < -0.4 is 5.32 Å². The average molecular weight is 377 g/mol. The lowest BCUT2D eigenvalue weighted by Crippen LogP contribution is -2.15. The molecule has 0 spiro atoms. The van der Waals surface area contributed by atoms with Gasteiger partial charge in [-0.1, -0.05) is 23.4 Å². The van der Waals surface area contributed by atoms with Gasteiger partial charge in [-0.15, -0.1) is 0 Å². The summed E-state index contributed by atoms with van der Waals surface area (Å²) < 4.78 is 12.2. The molecule has 4 rings (SSSR count). The first-order valence-electron chi connectivity index (χ1n) is 8.77. The van der Waals surface area contributed by atoms with E-state index in [0.717, 1.165) is 11.1 Å². The number of carbonyl (C=O) groups excluding carboxylic acids is 1. The summed E-state index contributed by atoms with van der Waals surface area (Å²) in [4.78, 5) is 21.4. The Hall–Kier alpha value is -3.52. The molecule has 4 aromatic rings. The Labute approximate surface area is 161 Å². The van der Waals surface area contributed by atoms with Crippen LogP contribution in [0.5, 0.6) is 0 Å². The topological polar surface area (TPSA) is 94.5 Å². The Morgan fingerprint density at radius 3 is 2.96 bits per heavy atom. The van der Waals surface area contributed by atoms with E-state index in [2.05, 4.69) is 20.4 Å². The monoisotopic (exact) mass is 377 g/mol. The van der Waals surface area contributed by atoms with Crippen LogP contribution in [0.15, 0.2) is 53.3 Å². The van der Waals surface area contributed by atoms with Crippen molar-refractivity contribution in [3.05, 3.63) is 65.9 Å². The molecule has 0 bridgehead atoms. The third-order valence-electron chi connectivity index (χ3n) is 4.54. The van der Waals surface area contributed by atoms with Gasteiger partial charge in [0.15, 0.2) is 0 Å². The molecule has 1 unspecified atom stereocenters. The minimum atomic E-state index is -0.291. The number of aromatic nitrogens is 4.